The molecule has 2 aromatic rings. The largest absolute Gasteiger partial charge is 0.497 e. The van der Waals surface area contributed by atoms with Crippen LogP contribution in [0.5, 0.6) is 5.75 Å². The van der Waals surface area contributed by atoms with Crippen LogP contribution in [0.3, 0.4) is 0 Å². The van der Waals surface area contributed by atoms with Gasteiger partial charge in [0.05, 0.1) is 7.11 Å². The highest BCUT2D eigenvalue weighted by molar-refractivity contribution is 5.26. The van der Waals surface area contributed by atoms with E-state index in [9.17, 15) is 0 Å². The van der Waals surface area contributed by atoms with Crippen LogP contribution >= 0.6 is 0 Å². The summed E-state index contributed by atoms with van der Waals surface area (Å²) in [7, 11) is 1.69. The highest BCUT2D eigenvalue weighted by Gasteiger charge is 2.07. The molecule has 2 nitrogen and oxygen atoms in total. The quantitative estimate of drug-likeness (QED) is 0.733. The third kappa shape index (κ3) is 2.84. The van der Waals surface area contributed by atoms with Crippen LogP contribution in [0, 0.1) is 0 Å². The van der Waals surface area contributed by atoms with E-state index in [0.29, 0.717) is 0 Å². The van der Waals surface area contributed by atoms with Crippen LogP contribution in [0.2, 0.25) is 0 Å². The molecule has 0 aliphatic carbocycles. The van der Waals surface area contributed by atoms with E-state index in [0.717, 1.165) is 18.7 Å². The van der Waals surface area contributed by atoms with Gasteiger partial charge < -0.3 is 4.74 Å². The number of ether oxygens (including phenoxy) is 1. The highest BCUT2D eigenvalue weighted by Crippen LogP contribution is 2.11. The summed E-state index contributed by atoms with van der Waals surface area (Å²) in [4.78, 5) is 0. The summed E-state index contributed by atoms with van der Waals surface area (Å²) in [5.41, 5.74) is 2.64. The van der Waals surface area contributed by atoms with Crippen molar-refractivity contribution in [1.29, 1.82) is 0 Å². The smallest absolute Gasteiger partial charge is 0.181 e. The maximum atomic E-state index is 5.16. The summed E-state index contributed by atoms with van der Waals surface area (Å²) < 4.78 is 7.44. The monoisotopic (exact) mass is 228 g/mol. The molecule has 0 fully saturated rings. The van der Waals surface area contributed by atoms with E-state index >= 15 is 0 Å². The Kier molecular flexibility index (Phi) is 3.76. The first-order valence-electron chi connectivity index (χ1n) is 5.93. The van der Waals surface area contributed by atoms with Gasteiger partial charge >= 0.3 is 0 Å². The number of benzene rings is 1. The van der Waals surface area contributed by atoms with Crippen LogP contribution < -0.4 is 9.30 Å². The predicted molar refractivity (Wildman–Crippen MR) is 68.1 cm³/mol. The maximum absolute atomic E-state index is 5.16. The fourth-order valence-electron chi connectivity index (χ4n) is 1.91. The van der Waals surface area contributed by atoms with Crippen molar-refractivity contribution in [3.05, 3.63) is 59.9 Å². The lowest BCUT2D eigenvalue weighted by atomic mass is 10.2. The second kappa shape index (κ2) is 5.48. The number of hydrogen-bond donors (Lipinski definition) is 0. The Hall–Kier alpha value is -1.83. The van der Waals surface area contributed by atoms with Crippen LogP contribution in [0.25, 0.3) is 0 Å². The fourth-order valence-corrected chi connectivity index (χ4v) is 1.91. The number of rotatable bonds is 4. The molecule has 0 spiro atoms. The maximum Gasteiger partial charge on any atom is 0.181 e. The zero-order valence-corrected chi connectivity index (χ0v) is 10.4. The lowest BCUT2D eigenvalue weighted by Gasteiger charge is -2.03. The first kappa shape index (κ1) is 11.6. The van der Waals surface area contributed by atoms with Gasteiger partial charge in [0.2, 0.25) is 0 Å². The molecular formula is C15H18NO+. The van der Waals surface area contributed by atoms with Crippen molar-refractivity contribution in [2.75, 3.05) is 7.11 Å². The summed E-state index contributed by atoms with van der Waals surface area (Å²) in [5.74, 6) is 0.905. The zero-order chi connectivity index (χ0) is 12.1. The molecule has 2 heteroatoms. The predicted octanol–water partition coefficient (Wildman–Crippen LogP) is 2.59. The van der Waals surface area contributed by atoms with Crippen molar-refractivity contribution in [3.8, 4) is 5.75 Å². The van der Waals surface area contributed by atoms with E-state index in [-0.39, 0.29) is 0 Å². The normalized spacial score (nSPS) is 10.2. The molecule has 1 heterocycles. The van der Waals surface area contributed by atoms with Gasteiger partial charge in [0.1, 0.15) is 5.75 Å². The third-order valence-corrected chi connectivity index (χ3v) is 2.91. The highest BCUT2D eigenvalue weighted by atomic mass is 16.5. The Balaban J connectivity index is 2.19. The van der Waals surface area contributed by atoms with E-state index in [1.54, 1.807) is 7.11 Å². The number of aryl methyl sites for hydroxylation is 1. The average molecular weight is 228 g/mol. The lowest BCUT2D eigenvalue weighted by Crippen LogP contribution is -2.38. The molecule has 0 saturated heterocycles. The number of methoxy groups -OCH3 is 1. The Morgan fingerprint density at radius 1 is 1.06 bits per heavy atom. The Morgan fingerprint density at radius 3 is 2.47 bits per heavy atom. The molecule has 0 N–H and O–H groups in total. The van der Waals surface area contributed by atoms with Crippen molar-refractivity contribution in [3.63, 3.8) is 0 Å². The molecule has 0 unspecified atom stereocenters. The Labute approximate surface area is 102 Å². The van der Waals surface area contributed by atoms with Crippen LogP contribution in [0.4, 0.5) is 0 Å². The summed E-state index contributed by atoms with van der Waals surface area (Å²) in [6.07, 6.45) is 3.18. The van der Waals surface area contributed by atoms with E-state index in [2.05, 4.69) is 48.0 Å². The summed E-state index contributed by atoms with van der Waals surface area (Å²) >= 11 is 0. The summed E-state index contributed by atoms with van der Waals surface area (Å²) in [6, 6.07) is 14.6. The van der Waals surface area contributed by atoms with Gasteiger partial charge in [-0.2, -0.15) is 4.57 Å². The van der Waals surface area contributed by atoms with Gasteiger partial charge in [-0.25, -0.2) is 0 Å². The molecule has 0 amide bonds. The van der Waals surface area contributed by atoms with Crippen LogP contribution in [-0.4, -0.2) is 7.11 Å². The van der Waals surface area contributed by atoms with Crippen molar-refractivity contribution in [2.45, 2.75) is 19.9 Å². The van der Waals surface area contributed by atoms with Crippen LogP contribution in [0.1, 0.15) is 18.2 Å². The molecule has 2 rings (SSSR count). The minimum atomic E-state index is 0.905. The Bertz CT molecular complexity index is 477. The van der Waals surface area contributed by atoms with Gasteiger partial charge in [0, 0.05) is 24.1 Å². The summed E-state index contributed by atoms with van der Waals surface area (Å²) in [6.45, 7) is 3.09. The van der Waals surface area contributed by atoms with E-state index in [4.69, 9.17) is 4.74 Å². The SMILES string of the molecule is CCc1cccc[n+]1Cc1ccc(OC)cc1. The van der Waals surface area contributed by atoms with Gasteiger partial charge in [0.15, 0.2) is 18.4 Å². The molecule has 0 bridgehead atoms. The zero-order valence-electron chi connectivity index (χ0n) is 10.4. The minimum Gasteiger partial charge on any atom is -0.497 e. The molecule has 1 aromatic carbocycles. The molecule has 0 saturated carbocycles. The number of pyridine rings is 1. The minimum absolute atomic E-state index is 0.905. The second-order valence-electron chi connectivity index (χ2n) is 4.02. The molecule has 17 heavy (non-hydrogen) atoms. The van der Waals surface area contributed by atoms with Gasteiger partial charge in [-0.05, 0) is 24.3 Å². The van der Waals surface area contributed by atoms with Crippen LogP contribution in [-0.2, 0) is 13.0 Å². The van der Waals surface area contributed by atoms with Crippen molar-refractivity contribution < 1.29 is 9.30 Å². The molecule has 1 aromatic heterocycles. The van der Waals surface area contributed by atoms with Gasteiger partial charge in [0.25, 0.3) is 0 Å². The molecular weight excluding hydrogens is 210 g/mol. The van der Waals surface area contributed by atoms with E-state index in [1.165, 1.54) is 11.3 Å². The first-order valence-corrected chi connectivity index (χ1v) is 5.93. The number of nitrogens with zero attached hydrogens (tertiary/aromatic N) is 1. The standard InChI is InChI=1S/C15H18NO/c1-3-14-6-4-5-11-16(14)12-13-7-9-15(17-2)10-8-13/h4-11H,3,12H2,1-2H3/q+1. The Morgan fingerprint density at radius 2 is 1.82 bits per heavy atom. The van der Waals surface area contributed by atoms with Gasteiger partial charge in [-0.3, -0.25) is 0 Å². The molecule has 0 atom stereocenters. The summed E-state index contributed by atoms with van der Waals surface area (Å²) in [5, 5.41) is 0. The lowest BCUT2D eigenvalue weighted by molar-refractivity contribution is -0.695. The van der Waals surface area contributed by atoms with E-state index in [1.807, 2.05) is 12.1 Å². The van der Waals surface area contributed by atoms with Gasteiger partial charge in [-0.1, -0.05) is 13.0 Å². The topological polar surface area (TPSA) is 13.1 Å². The van der Waals surface area contributed by atoms with Crippen molar-refractivity contribution in [2.24, 2.45) is 0 Å². The van der Waals surface area contributed by atoms with E-state index < -0.39 is 0 Å². The van der Waals surface area contributed by atoms with Crippen molar-refractivity contribution in [1.82, 2.24) is 0 Å². The van der Waals surface area contributed by atoms with Gasteiger partial charge in [-0.15, -0.1) is 0 Å². The molecule has 0 aliphatic rings. The molecule has 88 valence electrons. The molecule has 0 aliphatic heterocycles. The third-order valence-electron chi connectivity index (χ3n) is 2.91. The fraction of sp³-hybridized carbons (Fsp3) is 0.267. The average Bonchev–Trinajstić information content (AvgIpc) is 2.40. The number of aromatic nitrogens is 1. The van der Waals surface area contributed by atoms with Crippen molar-refractivity contribution >= 4 is 0 Å². The second-order valence-corrected chi connectivity index (χ2v) is 4.02. The number of hydrogen-bond acceptors (Lipinski definition) is 1. The van der Waals surface area contributed by atoms with Crippen LogP contribution in [0.15, 0.2) is 48.7 Å². The first-order chi connectivity index (χ1) is 8.33. The molecule has 0 radical (unpaired) electrons.